The van der Waals surface area contributed by atoms with Crippen molar-refractivity contribution in [3.63, 3.8) is 0 Å². The van der Waals surface area contributed by atoms with Crippen molar-refractivity contribution in [2.75, 3.05) is 20.1 Å². The van der Waals surface area contributed by atoms with E-state index < -0.39 is 22.0 Å². The van der Waals surface area contributed by atoms with Gasteiger partial charge in [0.05, 0.1) is 11.4 Å². The van der Waals surface area contributed by atoms with Crippen molar-refractivity contribution < 1.29 is 18.0 Å². The number of unbranched alkanes of at least 4 members (excludes halogenated alkanes) is 1. The summed E-state index contributed by atoms with van der Waals surface area (Å²) in [6, 6.07) is 21.1. The molecule has 0 aliphatic rings. The molecule has 1 atom stereocenters. The molecule has 36 heavy (non-hydrogen) atoms. The summed E-state index contributed by atoms with van der Waals surface area (Å²) in [5.74, 6) is -0.654. The van der Waals surface area contributed by atoms with E-state index in [1.807, 2.05) is 68.4 Å². The van der Waals surface area contributed by atoms with Crippen LogP contribution < -0.4 is 5.32 Å². The molecule has 0 aliphatic carbocycles. The molecular formula is C28H35N3O4S. The minimum Gasteiger partial charge on any atom is -0.354 e. The van der Waals surface area contributed by atoms with Gasteiger partial charge in [0.1, 0.15) is 6.04 Å². The third-order valence-corrected chi connectivity index (χ3v) is 8.00. The Bertz CT molecular complexity index is 1280. The number of amides is 2. The van der Waals surface area contributed by atoms with Gasteiger partial charge in [-0.05, 0) is 41.3 Å². The summed E-state index contributed by atoms with van der Waals surface area (Å²) >= 11 is 0. The monoisotopic (exact) mass is 509 g/mol. The second-order valence-corrected chi connectivity index (χ2v) is 10.9. The summed E-state index contributed by atoms with van der Waals surface area (Å²) in [4.78, 5) is 28.1. The molecule has 0 saturated carbocycles. The van der Waals surface area contributed by atoms with E-state index in [1.54, 1.807) is 18.2 Å². The number of carbonyl (C=O) groups excluding carboxylic acids is 2. The zero-order valence-corrected chi connectivity index (χ0v) is 22.0. The van der Waals surface area contributed by atoms with Gasteiger partial charge in [-0.25, -0.2) is 8.42 Å². The molecule has 1 N–H and O–H groups in total. The van der Waals surface area contributed by atoms with E-state index in [4.69, 9.17) is 0 Å². The fourth-order valence-corrected chi connectivity index (χ4v) is 5.24. The SMILES string of the molecule is CCCCNC(=O)[C@@H](CC)N(Cc1ccccc1)C(=O)CN(C)S(=O)(=O)c1ccc2ccccc2c1. The third kappa shape index (κ3) is 6.71. The topological polar surface area (TPSA) is 86.8 Å². The van der Waals surface area contributed by atoms with Crippen LogP contribution in [0.4, 0.5) is 0 Å². The van der Waals surface area contributed by atoms with Crippen LogP contribution in [0.5, 0.6) is 0 Å². The summed E-state index contributed by atoms with van der Waals surface area (Å²) in [7, 11) is -2.52. The molecule has 0 heterocycles. The molecule has 0 fully saturated rings. The second-order valence-electron chi connectivity index (χ2n) is 8.85. The van der Waals surface area contributed by atoms with Crippen LogP contribution in [-0.4, -0.2) is 55.6 Å². The minimum atomic E-state index is -3.92. The molecule has 7 nitrogen and oxygen atoms in total. The molecule has 192 valence electrons. The van der Waals surface area contributed by atoms with E-state index in [1.165, 1.54) is 11.9 Å². The summed E-state index contributed by atoms with van der Waals surface area (Å²) in [5.41, 5.74) is 0.866. The number of hydrogen-bond donors (Lipinski definition) is 1. The van der Waals surface area contributed by atoms with Gasteiger partial charge >= 0.3 is 0 Å². The maximum absolute atomic E-state index is 13.5. The maximum Gasteiger partial charge on any atom is 0.243 e. The number of hydrogen-bond acceptors (Lipinski definition) is 4. The lowest BCUT2D eigenvalue weighted by atomic mass is 10.1. The quantitative estimate of drug-likeness (QED) is 0.371. The smallest absolute Gasteiger partial charge is 0.243 e. The van der Waals surface area contributed by atoms with Crippen molar-refractivity contribution in [2.45, 2.75) is 50.6 Å². The van der Waals surface area contributed by atoms with E-state index in [0.717, 1.165) is 33.5 Å². The molecule has 0 aromatic heterocycles. The zero-order valence-electron chi connectivity index (χ0n) is 21.2. The van der Waals surface area contributed by atoms with Gasteiger partial charge in [0.15, 0.2) is 0 Å². The zero-order chi connectivity index (χ0) is 26.1. The number of fused-ring (bicyclic) bond motifs is 1. The predicted molar refractivity (Wildman–Crippen MR) is 143 cm³/mol. The Balaban J connectivity index is 1.84. The molecule has 3 aromatic carbocycles. The molecule has 0 unspecified atom stereocenters. The highest BCUT2D eigenvalue weighted by Crippen LogP contribution is 2.22. The van der Waals surface area contributed by atoms with Crippen LogP contribution in [0, 0.1) is 0 Å². The second kappa shape index (κ2) is 12.6. The Hall–Kier alpha value is -3.23. The van der Waals surface area contributed by atoms with E-state index in [-0.39, 0.29) is 23.9 Å². The first-order valence-electron chi connectivity index (χ1n) is 12.3. The highest BCUT2D eigenvalue weighted by atomic mass is 32.2. The van der Waals surface area contributed by atoms with Gasteiger partial charge in [0, 0.05) is 20.1 Å². The van der Waals surface area contributed by atoms with Crippen molar-refractivity contribution >= 4 is 32.6 Å². The van der Waals surface area contributed by atoms with E-state index >= 15 is 0 Å². The first-order valence-corrected chi connectivity index (χ1v) is 13.8. The molecule has 0 saturated heterocycles. The van der Waals surface area contributed by atoms with Crippen LogP contribution in [0.3, 0.4) is 0 Å². The van der Waals surface area contributed by atoms with Crippen LogP contribution in [0.15, 0.2) is 77.7 Å². The molecule has 8 heteroatoms. The molecule has 3 rings (SSSR count). The fourth-order valence-electron chi connectivity index (χ4n) is 4.08. The standard InChI is InChI=1S/C28H35N3O4S/c1-4-6-18-29-28(33)26(5-2)31(20-22-12-8-7-9-13-22)27(32)21-30(3)36(34,35)25-17-16-23-14-10-11-15-24(23)19-25/h7-17,19,26H,4-6,18,20-21H2,1-3H3,(H,29,33)/t26-/m1/s1. The third-order valence-electron chi connectivity index (χ3n) is 6.20. The van der Waals surface area contributed by atoms with Crippen LogP contribution in [-0.2, 0) is 26.2 Å². The van der Waals surface area contributed by atoms with Gasteiger partial charge in [0.25, 0.3) is 0 Å². The summed E-state index contributed by atoms with van der Waals surface area (Å²) < 4.78 is 27.7. The maximum atomic E-state index is 13.5. The Morgan fingerprint density at radius 1 is 0.917 bits per heavy atom. The summed E-state index contributed by atoms with van der Waals surface area (Å²) in [5, 5.41) is 4.66. The van der Waals surface area contributed by atoms with Gasteiger partial charge in [-0.1, -0.05) is 80.9 Å². The van der Waals surface area contributed by atoms with Crippen molar-refractivity contribution in [3.8, 4) is 0 Å². The Kier molecular flexibility index (Phi) is 9.61. The van der Waals surface area contributed by atoms with E-state index in [9.17, 15) is 18.0 Å². The lowest BCUT2D eigenvalue weighted by molar-refractivity contribution is -0.141. The highest BCUT2D eigenvalue weighted by molar-refractivity contribution is 7.89. The normalized spacial score (nSPS) is 12.4. The summed E-state index contributed by atoms with van der Waals surface area (Å²) in [6.07, 6.45) is 2.21. The van der Waals surface area contributed by atoms with Gasteiger partial charge < -0.3 is 10.2 Å². The molecule has 0 radical (unpaired) electrons. The number of benzene rings is 3. The number of carbonyl (C=O) groups is 2. The lowest BCUT2D eigenvalue weighted by Crippen LogP contribution is -2.51. The first kappa shape index (κ1) is 27.4. The van der Waals surface area contributed by atoms with Crippen LogP contribution in [0.25, 0.3) is 10.8 Å². The molecule has 0 spiro atoms. The number of nitrogens with one attached hydrogen (secondary N) is 1. The minimum absolute atomic E-state index is 0.121. The number of nitrogens with zero attached hydrogens (tertiary/aromatic N) is 2. The molecule has 2 amide bonds. The van der Waals surface area contributed by atoms with E-state index in [2.05, 4.69) is 5.32 Å². The highest BCUT2D eigenvalue weighted by Gasteiger charge is 2.31. The van der Waals surface area contributed by atoms with Crippen LogP contribution in [0.1, 0.15) is 38.7 Å². The number of sulfonamides is 1. The number of rotatable bonds is 12. The molecule has 0 bridgehead atoms. The van der Waals surface area contributed by atoms with Crippen LogP contribution in [0.2, 0.25) is 0 Å². The van der Waals surface area contributed by atoms with Gasteiger partial charge in [0.2, 0.25) is 21.8 Å². The van der Waals surface area contributed by atoms with Crippen molar-refractivity contribution in [2.24, 2.45) is 0 Å². The molecule has 0 aliphatic heterocycles. The molecule has 3 aromatic rings. The predicted octanol–water partition coefficient (Wildman–Crippen LogP) is 4.18. The van der Waals surface area contributed by atoms with Gasteiger partial charge in [-0.3, -0.25) is 9.59 Å². The van der Waals surface area contributed by atoms with E-state index in [0.29, 0.717) is 13.0 Å². The van der Waals surface area contributed by atoms with Crippen molar-refractivity contribution in [3.05, 3.63) is 78.4 Å². The van der Waals surface area contributed by atoms with Crippen LogP contribution >= 0.6 is 0 Å². The van der Waals surface area contributed by atoms with Crippen molar-refractivity contribution in [1.29, 1.82) is 0 Å². The Morgan fingerprint density at radius 3 is 2.25 bits per heavy atom. The average molecular weight is 510 g/mol. The first-order chi connectivity index (χ1) is 17.3. The van der Waals surface area contributed by atoms with Gasteiger partial charge in [-0.2, -0.15) is 4.31 Å². The Morgan fingerprint density at radius 2 is 1.58 bits per heavy atom. The van der Waals surface area contributed by atoms with Gasteiger partial charge in [-0.15, -0.1) is 0 Å². The lowest BCUT2D eigenvalue weighted by Gasteiger charge is -2.32. The average Bonchev–Trinajstić information content (AvgIpc) is 2.88. The van der Waals surface area contributed by atoms with Crippen molar-refractivity contribution in [1.82, 2.24) is 14.5 Å². The number of likely N-dealkylation sites (N-methyl/N-ethyl adjacent to an activating group) is 1. The summed E-state index contributed by atoms with van der Waals surface area (Å²) in [6.45, 7) is 4.27. The fraction of sp³-hybridized carbons (Fsp3) is 0.357. The molecular weight excluding hydrogens is 474 g/mol. The Labute approximate surface area is 214 Å². The largest absolute Gasteiger partial charge is 0.354 e.